The summed E-state index contributed by atoms with van der Waals surface area (Å²) in [5.41, 5.74) is 29.9. The maximum atomic E-state index is 11.1. The van der Waals surface area contributed by atoms with Crippen LogP contribution in [-0.4, -0.2) is 177 Å². The van der Waals surface area contributed by atoms with Crippen molar-refractivity contribution in [1.29, 1.82) is 0 Å². The van der Waals surface area contributed by atoms with E-state index >= 15 is 0 Å². The minimum Gasteiger partial charge on any atom is -0.394 e. The van der Waals surface area contributed by atoms with Gasteiger partial charge in [-0.25, -0.2) is 0 Å². The molecule has 4 aliphatic rings. The van der Waals surface area contributed by atoms with E-state index in [1.54, 1.807) is 0 Å². The van der Waals surface area contributed by atoms with Crippen LogP contribution in [0.3, 0.4) is 0 Å². The fraction of sp³-hybridized carbons (Fsp3) is 1.00. The van der Waals surface area contributed by atoms with Crippen LogP contribution in [0.15, 0.2) is 0 Å². The van der Waals surface area contributed by atoms with E-state index in [1.807, 2.05) is 0 Å². The van der Waals surface area contributed by atoms with E-state index in [9.17, 15) is 40.9 Å². The molecule has 0 radical (unpaired) electrons. The maximum absolute atomic E-state index is 11.1. The molecule has 4 fully saturated rings. The normalized spacial score (nSPS) is 53.8. The molecular formula is C23H45N5O14. The standard InChI is InChI=1S/C23H45N5O14/c24-2-7-13(32)15(34)10(27)21(37-7)41-19-9(4-30)39-23(17(19)36)42-20-12(31)5(25)1-6(26)18(20)40-22-11(28)16(35)14(33)8(3-29)38-22/h5-23,29-36H,1-4,24-28H2/t5?,6?,7?,8?,9-,10?,11?,12?,13?,14?,15?,16?,17+,18?,19+,20?,21?,22?,23-/m1/s1. The summed E-state index contributed by atoms with van der Waals surface area (Å²) < 4.78 is 34.4. The summed E-state index contributed by atoms with van der Waals surface area (Å²) in [5.74, 6) is 0. The van der Waals surface area contributed by atoms with Gasteiger partial charge in [-0.05, 0) is 6.42 Å². The Hall–Kier alpha value is -0.760. The molecule has 19 nitrogen and oxygen atoms in total. The Kier molecular flexibility index (Phi) is 11.5. The lowest BCUT2D eigenvalue weighted by atomic mass is 9.84. The van der Waals surface area contributed by atoms with Crippen molar-refractivity contribution in [2.45, 2.75) is 123 Å². The number of aliphatic hydroxyl groups is 8. The third-order valence-corrected chi connectivity index (χ3v) is 8.32. The smallest absolute Gasteiger partial charge is 0.187 e. The van der Waals surface area contributed by atoms with Crippen LogP contribution in [0.5, 0.6) is 0 Å². The highest BCUT2D eigenvalue weighted by Gasteiger charge is 2.54. The highest BCUT2D eigenvalue weighted by Crippen LogP contribution is 2.34. The molecule has 4 rings (SSSR count). The van der Waals surface area contributed by atoms with E-state index in [1.165, 1.54) is 0 Å². The molecule has 18 N–H and O–H groups in total. The minimum atomic E-state index is -1.62. The summed E-state index contributed by atoms with van der Waals surface area (Å²) in [6.45, 7) is -1.49. The van der Waals surface area contributed by atoms with Gasteiger partial charge in [-0.15, -0.1) is 0 Å². The SMILES string of the molecule is NCC1OC(O[C@@H]2[C@H](O)[C@@H](OC3C(O)C(N)CC(N)C3OC3OC(CO)C(O)C(O)C3N)O[C@@H]2CO)C(N)C(O)C1O. The monoisotopic (exact) mass is 615 g/mol. The number of ether oxygens (including phenoxy) is 6. The first-order valence-corrected chi connectivity index (χ1v) is 13.8. The fourth-order valence-corrected chi connectivity index (χ4v) is 5.70. The number of aliphatic hydroxyl groups excluding tert-OH is 8. The van der Waals surface area contributed by atoms with E-state index in [0.29, 0.717) is 0 Å². The molecule has 3 saturated heterocycles. The van der Waals surface area contributed by atoms with Crippen LogP contribution in [-0.2, 0) is 28.4 Å². The largest absolute Gasteiger partial charge is 0.394 e. The van der Waals surface area contributed by atoms with Crippen molar-refractivity contribution in [1.82, 2.24) is 0 Å². The molecule has 3 aliphatic heterocycles. The van der Waals surface area contributed by atoms with E-state index in [2.05, 4.69) is 0 Å². The van der Waals surface area contributed by atoms with E-state index in [0.717, 1.165) is 0 Å². The third kappa shape index (κ3) is 6.60. The topological polar surface area (TPSA) is 347 Å². The first-order valence-electron chi connectivity index (χ1n) is 13.8. The second-order valence-electron chi connectivity index (χ2n) is 11.2. The lowest BCUT2D eigenvalue weighted by molar-refractivity contribution is -0.310. The molecule has 15 unspecified atom stereocenters. The average molecular weight is 616 g/mol. The predicted octanol–water partition coefficient (Wildman–Crippen LogP) is -8.86. The zero-order valence-corrected chi connectivity index (χ0v) is 22.7. The van der Waals surface area contributed by atoms with Crippen LogP contribution >= 0.6 is 0 Å². The van der Waals surface area contributed by atoms with Gasteiger partial charge >= 0.3 is 0 Å². The van der Waals surface area contributed by atoms with Gasteiger partial charge in [0.1, 0.15) is 67.1 Å². The number of hydrogen-bond donors (Lipinski definition) is 13. The summed E-state index contributed by atoms with van der Waals surface area (Å²) in [4.78, 5) is 0. The fourth-order valence-electron chi connectivity index (χ4n) is 5.70. The lowest BCUT2D eigenvalue weighted by Crippen LogP contribution is -2.68. The summed E-state index contributed by atoms with van der Waals surface area (Å²) >= 11 is 0. The van der Waals surface area contributed by atoms with Gasteiger partial charge in [0.15, 0.2) is 18.9 Å². The molecule has 246 valence electrons. The molecule has 0 aromatic carbocycles. The van der Waals surface area contributed by atoms with E-state index in [4.69, 9.17) is 57.1 Å². The van der Waals surface area contributed by atoms with Crippen molar-refractivity contribution in [2.75, 3.05) is 19.8 Å². The molecule has 42 heavy (non-hydrogen) atoms. The van der Waals surface area contributed by atoms with Crippen LogP contribution in [0.1, 0.15) is 6.42 Å². The molecule has 3 heterocycles. The molecule has 19 atom stereocenters. The number of rotatable bonds is 9. The molecule has 0 amide bonds. The molecular weight excluding hydrogens is 570 g/mol. The zero-order chi connectivity index (χ0) is 31.0. The highest BCUT2D eigenvalue weighted by molar-refractivity contribution is 5.02. The van der Waals surface area contributed by atoms with Gasteiger partial charge in [0.25, 0.3) is 0 Å². The van der Waals surface area contributed by atoms with Gasteiger partial charge in [-0.3, -0.25) is 0 Å². The van der Waals surface area contributed by atoms with Crippen LogP contribution in [0.4, 0.5) is 0 Å². The van der Waals surface area contributed by atoms with E-state index in [-0.39, 0.29) is 13.0 Å². The van der Waals surface area contributed by atoms with Gasteiger partial charge in [-0.1, -0.05) is 0 Å². The molecule has 0 bridgehead atoms. The summed E-state index contributed by atoms with van der Waals surface area (Å²) in [5, 5.41) is 82.3. The van der Waals surface area contributed by atoms with Gasteiger partial charge in [0, 0.05) is 18.6 Å². The molecule has 1 saturated carbocycles. The van der Waals surface area contributed by atoms with Crippen molar-refractivity contribution in [3.63, 3.8) is 0 Å². The van der Waals surface area contributed by atoms with Gasteiger partial charge in [0.2, 0.25) is 0 Å². The second kappa shape index (κ2) is 14.1. The first-order chi connectivity index (χ1) is 19.8. The first kappa shape index (κ1) is 34.1. The highest BCUT2D eigenvalue weighted by atomic mass is 16.8. The summed E-state index contributed by atoms with van der Waals surface area (Å²) in [6.07, 6.45) is -20.5. The lowest BCUT2D eigenvalue weighted by Gasteiger charge is -2.47. The van der Waals surface area contributed by atoms with Crippen LogP contribution in [0.2, 0.25) is 0 Å². The number of nitrogens with two attached hydrogens (primary N) is 5. The predicted molar refractivity (Wildman–Crippen MR) is 136 cm³/mol. The number of hydrogen-bond acceptors (Lipinski definition) is 19. The third-order valence-electron chi connectivity index (χ3n) is 8.32. The Labute approximate surface area is 240 Å². The van der Waals surface area contributed by atoms with E-state index < -0.39 is 129 Å². The molecule has 0 aromatic rings. The molecule has 1 aliphatic carbocycles. The van der Waals surface area contributed by atoms with Crippen molar-refractivity contribution in [3.05, 3.63) is 0 Å². The Morgan fingerprint density at radius 3 is 1.55 bits per heavy atom. The minimum absolute atomic E-state index is 0.0642. The Bertz CT molecular complexity index is 866. The summed E-state index contributed by atoms with van der Waals surface area (Å²) in [6, 6.07) is -4.30. The van der Waals surface area contributed by atoms with Crippen LogP contribution in [0.25, 0.3) is 0 Å². The van der Waals surface area contributed by atoms with Crippen LogP contribution < -0.4 is 28.7 Å². The second-order valence-corrected chi connectivity index (χ2v) is 11.2. The Balaban J connectivity index is 1.50. The zero-order valence-electron chi connectivity index (χ0n) is 22.7. The van der Waals surface area contributed by atoms with Crippen molar-refractivity contribution >= 4 is 0 Å². The molecule has 0 spiro atoms. The van der Waals surface area contributed by atoms with Crippen molar-refractivity contribution < 1.29 is 69.3 Å². The Morgan fingerprint density at radius 1 is 0.524 bits per heavy atom. The molecule has 0 aromatic heterocycles. The van der Waals surface area contributed by atoms with Gasteiger partial charge in [0.05, 0.1) is 31.4 Å². The maximum Gasteiger partial charge on any atom is 0.187 e. The van der Waals surface area contributed by atoms with Crippen molar-refractivity contribution in [3.8, 4) is 0 Å². The van der Waals surface area contributed by atoms with Gasteiger partial charge in [-0.2, -0.15) is 0 Å². The molecule has 19 heteroatoms. The summed E-state index contributed by atoms with van der Waals surface area (Å²) in [7, 11) is 0. The van der Waals surface area contributed by atoms with Crippen molar-refractivity contribution in [2.24, 2.45) is 28.7 Å². The Morgan fingerprint density at radius 2 is 1.00 bits per heavy atom. The average Bonchev–Trinajstić information content (AvgIpc) is 3.27. The quantitative estimate of drug-likeness (QED) is 0.114. The van der Waals surface area contributed by atoms with Gasteiger partial charge < -0.3 is 97.9 Å². The van der Waals surface area contributed by atoms with Crippen LogP contribution in [0, 0.1) is 0 Å².